The number of carbonyl (C=O) groups excluding carboxylic acids is 1. The van der Waals surface area contributed by atoms with Gasteiger partial charge in [0.1, 0.15) is 5.75 Å². The van der Waals surface area contributed by atoms with E-state index in [0.29, 0.717) is 18.8 Å². The molecule has 2 rings (SSSR count). The minimum Gasteiger partial charge on any atom is -0.508 e. The summed E-state index contributed by atoms with van der Waals surface area (Å²) in [5.74, 6) is 0.214. The largest absolute Gasteiger partial charge is 0.508 e. The average molecular weight is 277 g/mol. The van der Waals surface area contributed by atoms with Gasteiger partial charge in [-0.3, -0.25) is 4.79 Å². The Morgan fingerprint density at radius 2 is 2.05 bits per heavy atom. The van der Waals surface area contributed by atoms with Crippen LogP contribution in [-0.2, 0) is 28.8 Å². The van der Waals surface area contributed by atoms with E-state index >= 15 is 0 Å². The smallest absolute Gasteiger partial charge is 0.305 e. The summed E-state index contributed by atoms with van der Waals surface area (Å²) >= 11 is 0. The molecule has 0 amide bonds. The van der Waals surface area contributed by atoms with Crippen molar-refractivity contribution in [1.82, 2.24) is 0 Å². The van der Waals surface area contributed by atoms with Crippen LogP contribution in [0.25, 0.3) is 0 Å². The van der Waals surface area contributed by atoms with E-state index in [2.05, 4.69) is 6.07 Å². The Bertz CT molecular complexity index is 485. The van der Waals surface area contributed by atoms with Crippen molar-refractivity contribution in [3.63, 3.8) is 0 Å². The van der Waals surface area contributed by atoms with Crippen LogP contribution in [0.4, 0.5) is 0 Å². The summed E-state index contributed by atoms with van der Waals surface area (Å²) in [5, 5.41) is 10.0. The number of nitrogens with two attached hydrogens (primary N) is 1. The van der Waals surface area contributed by atoms with Crippen molar-refractivity contribution < 1.29 is 14.6 Å². The van der Waals surface area contributed by atoms with Gasteiger partial charge in [0.25, 0.3) is 0 Å². The molecule has 4 nitrogen and oxygen atoms in total. The maximum atomic E-state index is 11.2. The van der Waals surface area contributed by atoms with E-state index in [1.165, 1.54) is 11.1 Å². The Morgan fingerprint density at radius 3 is 2.75 bits per heavy atom. The molecule has 0 bridgehead atoms. The van der Waals surface area contributed by atoms with Gasteiger partial charge < -0.3 is 15.6 Å². The molecule has 0 spiro atoms. The van der Waals surface area contributed by atoms with Crippen LogP contribution in [0.2, 0.25) is 0 Å². The fourth-order valence-electron chi connectivity index (χ4n) is 2.76. The monoisotopic (exact) mass is 277 g/mol. The van der Waals surface area contributed by atoms with Crippen LogP contribution in [0, 0.1) is 0 Å². The van der Waals surface area contributed by atoms with Crippen LogP contribution >= 0.6 is 0 Å². The molecule has 1 aromatic carbocycles. The summed E-state index contributed by atoms with van der Waals surface area (Å²) in [4.78, 5) is 11.2. The molecular weight excluding hydrogens is 254 g/mol. The van der Waals surface area contributed by atoms with E-state index in [-0.39, 0.29) is 12.0 Å². The SMILES string of the molecule is CCOC(=O)CCCCc1cc2c(cc1O)CC(N)C2. The Kier molecular flexibility index (Phi) is 5.01. The lowest BCUT2D eigenvalue weighted by Crippen LogP contribution is -2.18. The molecular formula is C16H23NO3. The molecule has 0 radical (unpaired) electrons. The number of fused-ring (bicyclic) bond motifs is 1. The first-order valence-electron chi connectivity index (χ1n) is 7.35. The van der Waals surface area contributed by atoms with Gasteiger partial charge in [-0.15, -0.1) is 0 Å². The first-order chi connectivity index (χ1) is 9.60. The van der Waals surface area contributed by atoms with Gasteiger partial charge in [0, 0.05) is 12.5 Å². The first-order valence-corrected chi connectivity index (χ1v) is 7.35. The highest BCUT2D eigenvalue weighted by molar-refractivity contribution is 5.69. The van der Waals surface area contributed by atoms with Gasteiger partial charge in [0.15, 0.2) is 0 Å². The topological polar surface area (TPSA) is 72.5 Å². The van der Waals surface area contributed by atoms with E-state index in [9.17, 15) is 9.90 Å². The Hall–Kier alpha value is -1.55. The highest BCUT2D eigenvalue weighted by Crippen LogP contribution is 2.29. The number of aromatic hydroxyl groups is 1. The Morgan fingerprint density at radius 1 is 1.35 bits per heavy atom. The van der Waals surface area contributed by atoms with Crippen LogP contribution in [0.5, 0.6) is 5.75 Å². The molecule has 110 valence electrons. The van der Waals surface area contributed by atoms with E-state index in [0.717, 1.165) is 37.7 Å². The normalized spacial score (nSPS) is 17.0. The molecule has 3 N–H and O–H groups in total. The van der Waals surface area contributed by atoms with Crippen LogP contribution in [0.15, 0.2) is 12.1 Å². The van der Waals surface area contributed by atoms with Crippen LogP contribution in [0.3, 0.4) is 0 Å². The highest BCUT2D eigenvalue weighted by Gasteiger charge is 2.20. The summed E-state index contributed by atoms with van der Waals surface area (Å²) in [6.07, 6.45) is 4.64. The lowest BCUT2D eigenvalue weighted by atomic mass is 10.0. The third-order valence-electron chi connectivity index (χ3n) is 3.75. The molecule has 0 fully saturated rings. The van der Waals surface area contributed by atoms with Crippen molar-refractivity contribution in [1.29, 1.82) is 0 Å². The van der Waals surface area contributed by atoms with Gasteiger partial charge >= 0.3 is 5.97 Å². The molecule has 0 heterocycles. The van der Waals surface area contributed by atoms with E-state index in [4.69, 9.17) is 10.5 Å². The van der Waals surface area contributed by atoms with Gasteiger partial charge in [-0.2, -0.15) is 0 Å². The average Bonchev–Trinajstić information content (AvgIpc) is 2.74. The number of hydrogen-bond donors (Lipinski definition) is 2. The lowest BCUT2D eigenvalue weighted by molar-refractivity contribution is -0.143. The maximum Gasteiger partial charge on any atom is 0.305 e. The maximum absolute atomic E-state index is 11.2. The predicted molar refractivity (Wildman–Crippen MR) is 77.7 cm³/mol. The molecule has 1 aliphatic carbocycles. The highest BCUT2D eigenvalue weighted by atomic mass is 16.5. The van der Waals surface area contributed by atoms with Crippen LogP contribution in [0.1, 0.15) is 42.9 Å². The molecule has 0 saturated carbocycles. The molecule has 1 aliphatic rings. The van der Waals surface area contributed by atoms with Crippen molar-refractivity contribution >= 4 is 5.97 Å². The zero-order valence-electron chi connectivity index (χ0n) is 12.0. The number of carbonyl (C=O) groups is 1. The molecule has 20 heavy (non-hydrogen) atoms. The fraction of sp³-hybridized carbons (Fsp3) is 0.562. The third kappa shape index (κ3) is 3.73. The summed E-state index contributed by atoms with van der Waals surface area (Å²) in [6.45, 7) is 2.25. The predicted octanol–water partition coefficient (Wildman–Crippen LogP) is 2.09. The van der Waals surface area contributed by atoms with Crippen molar-refractivity contribution in [3.8, 4) is 5.75 Å². The number of unbranched alkanes of at least 4 members (excludes halogenated alkanes) is 1. The summed E-state index contributed by atoms with van der Waals surface area (Å²) in [5.41, 5.74) is 9.33. The molecule has 1 unspecified atom stereocenters. The summed E-state index contributed by atoms with van der Waals surface area (Å²) < 4.78 is 4.89. The standard InChI is InChI=1S/C16H23NO3/c1-2-20-16(19)6-4-3-5-11-7-12-8-14(17)9-13(12)10-15(11)18/h7,10,14,18H,2-6,8-9,17H2,1H3. The second kappa shape index (κ2) is 6.75. The number of phenolic OH excluding ortho intramolecular Hbond substituents is 1. The molecule has 1 aromatic rings. The van der Waals surface area contributed by atoms with E-state index in [1.54, 1.807) is 0 Å². The van der Waals surface area contributed by atoms with Gasteiger partial charge in [-0.1, -0.05) is 6.07 Å². The summed E-state index contributed by atoms with van der Waals surface area (Å²) in [6, 6.07) is 4.11. The second-order valence-electron chi connectivity index (χ2n) is 5.43. The number of esters is 1. The Labute approximate surface area is 119 Å². The zero-order valence-corrected chi connectivity index (χ0v) is 12.0. The van der Waals surface area contributed by atoms with Gasteiger partial charge in [0.2, 0.25) is 0 Å². The van der Waals surface area contributed by atoms with E-state index in [1.807, 2.05) is 13.0 Å². The minimum absolute atomic E-state index is 0.142. The Balaban J connectivity index is 1.85. The lowest BCUT2D eigenvalue weighted by Gasteiger charge is -2.08. The van der Waals surface area contributed by atoms with Crippen molar-refractivity contribution in [3.05, 3.63) is 28.8 Å². The minimum atomic E-state index is -0.142. The second-order valence-corrected chi connectivity index (χ2v) is 5.43. The van der Waals surface area contributed by atoms with Gasteiger partial charge in [-0.25, -0.2) is 0 Å². The van der Waals surface area contributed by atoms with Crippen LogP contribution < -0.4 is 5.73 Å². The number of benzene rings is 1. The number of aryl methyl sites for hydroxylation is 1. The number of ether oxygens (including phenoxy) is 1. The van der Waals surface area contributed by atoms with Gasteiger partial charge in [0.05, 0.1) is 6.61 Å². The summed E-state index contributed by atoms with van der Waals surface area (Å²) in [7, 11) is 0. The van der Waals surface area contributed by atoms with Crippen LogP contribution in [-0.4, -0.2) is 23.7 Å². The number of hydrogen-bond acceptors (Lipinski definition) is 4. The number of rotatable bonds is 6. The van der Waals surface area contributed by atoms with Crippen molar-refractivity contribution in [2.75, 3.05) is 6.61 Å². The molecule has 0 saturated heterocycles. The third-order valence-corrected chi connectivity index (χ3v) is 3.75. The first kappa shape index (κ1) is 14.9. The molecule has 0 aliphatic heterocycles. The van der Waals surface area contributed by atoms with Crippen molar-refractivity contribution in [2.45, 2.75) is 51.5 Å². The van der Waals surface area contributed by atoms with Crippen molar-refractivity contribution in [2.24, 2.45) is 5.73 Å². The molecule has 4 heteroatoms. The quantitative estimate of drug-likeness (QED) is 0.617. The number of phenols is 1. The fourth-order valence-corrected chi connectivity index (χ4v) is 2.76. The van der Waals surface area contributed by atoms with Gasteiger partial charge in [-0.05, 0) is 61.8 Å². The van der Waals surface area contributed by atoms with E-state index < -0.39 is 0 Å². The zero-order chi connectivity index (χ0) is 14.5. The molecule has 0 aromatic heterocycles. The molecule has 1 atom stereocenters.